The Balaban J connectivity index is 1.74. The smallest absolute Gasteiger partial charge is 0.286 e. The summed E-state index contributed by atoms with van der Waals surface area (Å²) in [4.78, 5) is 21.1. The van der Waals surface area contributed by atoms with Gasteiger partial charge in [-0.15, -0.1) is 0 Å². The van der Waals surface area contributed by atoms with Crippen LogP contribution in [0.15, 0.2) is 34.2 Å². The molecular formula is C15H17N3O2S. The van der Waals surface area contributed by atoms with Crippen molar-refractivity contribution in [1.82, 2.24) is 9.80 Å². The predicted octanol–water partition coefficient (Wildman–Crippen LogP) is 1.61. The highest BCUT2D eigenvalue weighted by Gasteiger charge is 2.27. The van der Waals surface area contributed by atoms with Crippen molar-refractivity contribution in [1.29, 1.82) is 0 Å². The maximum atomic E-state index is 12.0. The molecule has 2 aliphatic heterocycles. The second-order valence-corrected chi connectivity index (χ2v) is 6.17. The first kappa shape index (κ1) is 14.2. The zero-order valence-corrected chi connectivity index (χ0v) is 12.6. The van der Waals surface area contributed by atoms with Crippen molar-refractivity contribution in [3.05, 3.63) is 34.7 Å². The number of aliphatic imine (C=N–C) groups is 1. The normalized spacial score (nSPS) is 22.0. The number of rotatable bonds is 1. The van der Waals surface area contributed by atoms with Crippen LogP contribution in [0.2, 0.25) is 0 Å². The number of thioether (sulfide) groups is 1. The van der Waals surface area contributed by atoms with E-state index < -0.39 is 0 Å². The molecule has 1 aromatic rings. The predicted molar refractivity (Wildman–Crippen MR) is 85.2 cm³/mol. The summed E-state index contributed by atoms with van der Waals surface area (Å²) in [6.07, 6.45) is 1.70. The monoisotopic (exact) mass is 303 g/mol. The summed E-state index contributed by atoms with van der Waals surface area (Å²) in [7, 11) is 2.09. The summed E-state index contributed by atoms with van der Waals surface area (Å²) >= 11 is 1.39. The summed E-state index contributed by atoms with van der Waals surface area (Å²) in [5.74, 6) is -0.0522. The maximum absolute atomic E-state index is 12.0. The van der Waals surface area contributed by atoms with Crippen molar-refractivity contribution in [2.45, 2.75) is 0 Å². The molecule has 0 spiro atoms. The quantitative estimate of drug-likeness (QED) is 0.799. The molecule has 2 heterocycles. The molecule has 3 rings (SSSR count). The largest absolute Gasteiger partial charge is 0.507 e. The van der Waals surface area contributed by atoms with E-state index in [0.717, 1.165) is 31.3 Å². The van der Waals surface area contributed by atoms with Gasteiger partial charge in [-0.2, -0.15) is 4.99 Å². The van der Waals surface area contributed by atoms with Crippen LogP contribution in [-0.4, -0.2) is 59.2 Å². The van der Waals surface area contributed by atoms with Crippen molar-refractivity contribution in [3.8, 4) is 5.75 Å². The Morgan fingerprint density at radius 3 is 2.67 bits per heavy atom. The Labute approximate surface area is 128 Å². The molecule has 1 saturated heterocycles. The van der Waals surface area contributed by atoms with Crippen LogP contribution >= 0.6 is 11.8 Å². The van der Waals surface area contributed by atoms with Crippen molar-refractivity contribution in [3.63, 3.8) is 0 Å². The number of amidine groups is 1. The lowest BCUT2D eigenvalue weighted by Crippen LogP contribution is -2.46. The molecule has 0 bridgehead atoms. The molecule has 0 saturated carbocycles. The van der Waals surface area contributed by atoms with Gasteiger partial charge in [0.2, 0.25) is 0 Å². The van der Waals surface area contributed by atoms with Crippen LogP contribution in [0.1, 0.15) is 5.56 Å². The third kappa shape index (κ3) is 3.11. The zero-order chi connectivity index (χ0) is 14.8. The summed E-state index contributed by atoms with van der Waals surface area (Å²) < 4.78 is 0. The highest BCUT2D eigenvalue weighted by atomic mass is 32.2. The number of piperazine rings is 1. The Morgan fingerprint density at radius 1 is 1.24 bits per heavy atom. The van der Waals surface area contributed by atoms with Crippen molar-refractivity contribution in [2.75, 3.05) is 33.2 Å². The van der Waals surface area contributed by atoms with Gasteiger partial charge in [-0.25, -0.2) is 0 Å². The number of amides is 1. The molecule has 110 valence electrons. The number of benzene rings is 1. The minimum Gasteiger partial charge on any atom is -0.507 e. The van der Waals surface area contributed by atoms with Gasteiger partial charge in [0.25, 0.3) is 5.91 Å². The second-order valence-electron chi connectivity index (χ2n) is 5.16. The van der Waals surface area contributed by atoms with Crippen LogP contribution in [0.25, 0.3) is 6.08 Å². The van der Waals surface area contributed by atoms with Gasteiger partial charge in [0.1, 0.15) is 5.75 Å². The van der Waals surface area contributed by atoms with Gasteiger partial charge in [0.15, 0.2) is 5.17 Å². The molecule has 1 fully saturated rings. The van der Waals surface area contributed by atoms with Crippen LogP contribution in [0.3, 0.4) is 0 Å². The number of phenols is 1. The first-order chi connectivity index (χ1) is 10.1. The highest BCUT2D eigenvalue weighted by molar-refractivity contribution is 8.18. The van der Waals surface area contributed by atoms with Gasteiger partial charge < -0.3 is 14.9 Å². The van der Waals surface area contributed by atoms with Gasteiger partial charge in [0, 0.05) is 31.7 Å². The fourth-order valence-corrected chi connectivity index (χ4v) is 3.24. The molecule has 1 aromatic carbocycles. The van der Waals surface area contributed by atoms with E-state index in [2.05, 4.69) is 21.8 Å². The van der Waals surface area contributed by atoms with Crippen LogP contribution in [-0.2, 0) is 4.79 Å². The Kier molecular flexibility index (Phi) is 3.98. The third-order valence-corrected chi connectivity index (χ3v) is 4.65. The van der Waals surface area contributed by atoms with E-state index in [1.165, 1.54) is 11.8 Å². The van der Waals surface area contributed by atoms with Crippen LogP contribution in [0.4, 0.5) is 0 Å². The summed E-state index contributed by atoms with van der Waals surface area (Å²) in [5.41, 5.74) is 0.642. The lowest BCUT2D eigenvalue weighted by Gasteiger charge is -2.32. The molecule has 0 unspecified atom stereocenters. The summed E-state index contributed by atoms with van der Waals surface area (Å²) in [6, 6.07) is 6.98. The van der Waals surface area contributed by atoms with E-state index >= 15 is 0 Å². The maximum Gasteiger partial charge on any atom is 0.286 e. The first-order valence-electron chi connectivity index (χ1n) is 6.87. The van der Waals surface area contributed by atoms with E-state index in [0.29, 0.717) is 10.5 Å². The molecule has 0 atom stereocenters. The summed E-state index contributed by atoms with van der Waals surface area (Å²) in [5, 5.41) is 10.6. The number of phenolic OH excluding ortho intramolecular Hbond substituents is 1. The molecule has 21 heavy (non-hydrogen) atoms. The van der Waals surface area contributed by atoms with E-state index in [1.807, 2.05) is 6.07 Å². The standard InChI is InChI=1S/C15H17N3O2S/c1-17-6-8-18(9-7-17)15-16-14(20)13(21-15)10-11-4-2-3-5-12(11)19/h2-5,10,19H,6-9H2,1H3/b13-10+. The highest BCUT2D eigenvalue weighted by Crippen LogP contribution is 2.32. The number of hydrogen-bond donors (Lipinski definition) is 1. The SMILES string of the molecule is CN1CCN(C2=NC(=O)/C(=C\c3ccccc3O)S2)CC1. The molecule has 1 amide bonds. The van der Waals surface area contributed by atoms with Crippen LogP contribution < -0.4 is 0 Å². The van der Waals surface area contributed by atoms with Gasteiger partial charge in [0.05, 0.1) is 4.91 Å². The number of nitrogens with zero attached hydrogens (tertiary/aromatic N) is 3. The van der Waals surface area contributed by atoms with Crippen molar-refractivity contribution >= 4 is 28.9 Å². The van der Waals surface area contributed by atoms with Crippen molar-refractivity contribution in [2.24, 2.45) is 4.99 Å². The minimum atomic E-state index is -0.225. The Hall–Kier alpha value is -1.79. The summed E-state index contributed by atoms with van der Waals surface area (Å²) in [6.45, 7) is 3.73. The lowest BCUT2D eigenvalue weighted by atomic mass is 10.2. The Morgan fingerprint density at radius 2 is 1.95 bits per heavy atom. The molecule has 2 aliphatic rings. The second kappa shape index (κ2) is 5.91. The molecule has 0 aromatic heterocycles. The third-order valence-electron chi connectivity index (χ3n) is 3.61. The topological polar surface area (TPSA) is 56.1 Å². The average Bonchev–Trinajstić information content (AvgIpc) is 2.83. The molecule has 0 aliphatic carbocycles. The molecule has 6 heteroatoms. The number of likely N-dealkylation sites (N-methyl/N-ethyl adjacent to an activating group) is 1. The Bertz CT molecular complexity index is 619. The number of aromatic hydroxyl groups is 1. The fourth-order valence-electron chi connectivity index (χ4n) is 2.28. The van der Waals surface area contributed by atoms with E-state index in [4.69, 9.17) is 0 Å². The molecule has 0 radical (unpaired) electrons. The fraction of sp³-hybridized carbons (Fsp3) is 0.333. The van der Waals surface area contributed by atoms with Crippen LogP contribution in [0.5, 0.6) is 5.75 Å². The van der Waals surface area contributed by atoms with E-state index in [1.54, 1.807) is 24.3 Å². The minimum absolute atomic E-state index is 0.173. The molecule has 1 N–H and O–H groups in total. The number of para-hydroxylation sites is 1. The number of carbonyl (C=O) groups is 1. The van der Waals surface area contributed by atoms with E-state index in [-0.39, 0.29) is 11.7 Å². The molecule has 5 nitrogen and oxygen atoms in total. The first-order valence-corrected chi connectivity index (χ1v) is 7.69. The van der Waals surface area contributed by atoms with Gasteiger partial charge in [-0.1, -0.05) is 18.2 Å². The number of carbonyl (C=O) groups excluding carboxylic acids is 1. The lowest BCUT2D eigenvalue weighted by molar-refractivity contribution is -0.113. The molecular weight excluding hydrogens is 286 g/mol. The van der Waals surface area contributed by atoms with Gasteiger partial charge >= 0.3 is 0 Å². The van der Waals surface area contributed by atoms with Crippen LogP contribution in [0, 0.1) is 0 Å². The van der Waals surface area contributed by atoms with E-state index in [9.17, 15) is 9.90 Å². The average molecular weight is 303 g/mol. The number of hydrogen-bond acceptors (Lipinski definition) is 5. The zero-order valence-electron chi connectivity index (χ0n) is 11.8. The van der Waals surface area contributed by atoms with Crippen molar-refractivity contribution < 1.29 is 9.90 Å². The van der Waals surface area contributed by atoms with Gasteiger partial charge in [-0.3, -0.25) is 4.79 Å². The van der Waals surface area contributed by atoms with Gasteiger partial charge in [-0.05, 0) is 31.0 Å².